The van der Waals surface area contributed by atoms with Crippen LogP contribution in [0.15, 0.2) is 0 Å². The first-order chi connectivity index (χ1) is 5.22. The van der Waals surface area contributed by atoms with Gasteiger partial charge in [0.15, 0.2) is 5.78 Å². The Kier molecular flexibility index (Phi) is 6.13. The van der Waals surface area contributed by atoms with E-state index in [4.69, 9.17) is 0 Å². The van der Waals surface area contributed by atoms with Gasteiger partial charge in [0.25, 0.3) is 0 Å². The van der Waals surface area contributed by atoms with Crippen molar-refractivity contribution >= 4 is 5.78 Å². The van der Waals surface area contributed by atoms with E-state index in [1.165, 1.54) is 0 Å². The standard InChI is InChI=1S/C9H18O2/c1-3-5-7-9(11)8(10)6-4-2/h8,10H,3-7H2,1-2H3. The molecule has 0 fully saturated rings. The second-order valence-electron chi connectivity index (χ2n) is 2.87. The first kappa shape index (κ1) is 10.6. The van der Waals surface area contributed by atoms with Gasteiger partial charge in [-0.05, 0) is 12.8 Å². The summed E-state index contributed by atoms with van der Waals surface area (Å²) in [7, 11) is 0. The Morgan fingerprint density at radius 1 is 1.36 bits per heavy atom. The van der Waals surface area contributed by atoms with E-state index in [2.05, 4.69) is 0 Å². The van der Waals surface area contributed by atoms with Gasteiger partial charge in [-0.1, -0.05) is 26.7 Å². The fraction of sp³-hybridized carbons (Fsp3) is 0.889. The van der Waals surface area contributed by atoms with E-state index in [0.717, 1.165) is 19.3 Å². The van der Waals surface area contributed by atoms with Gasteiger partial charge in [-0.3, -0.25) is 4.79 Å². The molecule has 66 valence electrons. The minimum atomic E-state index is -0.702. The van der Waals surface area contributed by atoms with Crippen LogP contribution in [0.5, 0.6) is 0 Å². The number of Topliss-reactive ketones (excluding diaryl/α,β-unsaturated/α-hetero) is 1. The molecule has 0 radical (unpaired) electrons. The van der Waals surface area contributed by atoms with E-state index in [1.807, 2.05) is 13.8 Å². The molecule has 0 rings (SSSR count). The SMILES string of the molecule is CCCCC(=O)C(O)CCC. The van der Waals surface area contributed by atoms with Crippen LogP contribution in [0, 0.1) is 0 Å². The quantitative estimate of drug-likeness (QED) is 0.641. The number of carbonyl (C=O) groups excluding carboxylic acids is 1. The number of aliphatic hydroxyl groups is 1. The molecular weight excluding hydrogens is 140 g/mol. The molecule has 2 nitrogen and oxygen atoms in total. The van der Waals surface area contributed by atoms with Gasteiger partial charge >= 0.3 is 0 Å². The number of hydrogen-bond acceptors (Lipinski definition) is 2. The van der Waals surface area contributed by atoms with Crippen molar-refractivity contribution in [2.24, 2.45) is 0 Å². The van der Waals surface area contributed by atoms with Crippen molar-refractivity contribution in [1.82, 2.24) is 0 Å². The molecule has 0 saturated heterocycles. The Labute approximate surface area is 68.6 Å². The van der Waals surface area contributed by atoms with E-state index >= 15 is 0 Å². The Morgan fingerprint density at radius 2 is 2.00 bits per heavy atom. The van der Waals surface area contributed by atoms with Crippen LogP contribution in [0.25, 0.3) is 0 Å². The average Bonchev–Trinajstić information content (AvgIpc) is 2.00. The molecule has 0 amide bonds. The molecule has 1 N–H and O–H groups in total. The van der Waals surface area contributed by atoms with Crippen LogP contribution in [-0.4, -0.2) is 17.0 Å². The Bertz CT molecular complexity index is 110. The average molecular weight is 158 g/mol. The minimum Gasteiger partial charge on any atom is -0.385 e. The molecule has 1 unspecified atom stereocenters. The summed E-state index contributed by atoms with van der Waals surface area (Å²) in [5, 5.41) is 9.19. The summed E-state index contributed by atoms with van der Waals surface area (Å²) < 4.78 is 0. The lowest BCUT2D eigenvalue weighted by atomic mass is 10.1. The zero-order valence-electron chi connectivity index (χ0n) is 7.47. The van der Waals surface area contributed by atoms with Gasteiger partial charge in [0, 0.05) is 6.42 Å². The van der Waals surface area contributed by atoms with Crippen LogP contribution >= 0.6 is 0 Å². The number of aliphatic hydroxyl groups excluding tert-OH is 1. The van der Waals surface area contributed by atoms with Crippen LogP contribution in [0.3, 0.4) is 0 Å². The van der Waals surface area contributed by atoms with E-state index in [9.17, 15) is 9.90 Å². The second-order valence-corrected chi connectivity index (χ2v) is 2.87. The summed E-state index contributed by atoms with van der Waals surface area (Å²) in [5.41, 5.74) is 0. The minimum absolute atomic E-state index is 0.00806. The maximum atomic E-state index is 11.0. The zero-order chi connectivity index (χ0) is 8.69. The molecule has 0 aromatic rings. The van der Waals surface area contributed by atoms with Gasteiger partial charge in [0.2, 0.25) is 0 Å². The van der Waals surface area contributed by atoms with Crippen molar-refractivity contribution in [2.75, 3.05) is 0 Å². The Morgan fingerprint density at radius 3 is 2.45 bits per heavy atom. The molecule has 0 aliphatic rings. The smallest absolute Gasteiger partial charge is 0.161 e. The molecule has 0 aliphatic heterocycles. The molecule has 2 heteroatoms. The van der Waals surface area contributed by atoms with Gasteiger partial charge in [0.1, 0.15) is 6.10 Å². The topological polar surface area (TPSA) is 37.3 Å². The third kappa shape index (κ3) is 4.96. The maximum absolute atomic E-state index is 11.0. The summed E-state index contributed by atoms with van der Waals surface area (Å²) in [6.45, 7) is 4.01. The molecule has 0 aromatic heterocycles. The number of carbonyl (C=O) groups is 1. The highest BCUT2D eigenvalue weighted by molar-refractivity contribution is 5.82. The highest BCUT2D eigenvalue weighted by Gasteiger charge is 2.11. The second kappa shape index (κ2) is 6.35. The summed E-state index contributed by atoms with van der Waals surface area (Å²) in [6.07, 6.45) is 3.25. The lowest BCUT2D eigenvalue weighted by molar-refractivity contribution is -0.127. The van der Waals surface area contributed by atoms with Crippen LogP contribution in [0.2, 0.25) is 0 Å². The van der Waals surface area contributed by atoms with Crippen molar-refractivity contribution in [3.05, 3.63) is 0 Å². The van der Waals surface area contributed by atoms with Crippen LogP contribution in [0.1, 0.15) is 46.0 Å². The predicted octanol–water partition coefficient (Wildman–Crippen LogP) is 1.91. The van der Waals surface area contributed by atoms with E-state index in [0.29, 0.717) is 12.8 Å². The van der Waals surface area contributed by atoms with Crippen molar-refractivity contribution in [2.45, 2.75) is 52.1 Å². The van der Waals surface area contributed by atoms with E-state index < -0.39 is 6.10 Å². The molecule has 0 aromatic carbocycles. The summed E-state index contributed by atoms with van der Waals surface area (Å²) >= 11 is 0. The maximum Gasteiger partial charge on any atom is 0.161 e. The van der Waals surface area contributed by atoms with Gasteiger partial charge < -0.3 is 5.11 Å². The molecule has 0 aliphatic carbocycles. The van der Waals surface area contributed by atoms with Crippen LogP contribution < -0.4 is 0 Å². The molecule has 0 spiro atoms. The van der Waals surface area contributed by atoms with Crippen LogP contribution in [-0.2, 0) is 4.79 Å². The number of hydrogen-bond donors (Lipinski definition) is 1. The largest absolute Gasteiger partial charge is 0.385 e. The molecular formula is C9H18O2. The summed E-state index contributed by atoms with van der Waals surface area (Å²) in [6, 6.07) is 0. The van der Waals surface area contributed by atoms with E-state index in [1.54, 1.807) is 0 Å². The zero-order valence-corrected chi connectivity index (χ0v) is 7.47. The van der Waals surface area contributed by atoms with Gasteiger partial charge in [-0.2, -0.15) is 0 Å². The molecule has 1 atom stereocenters. The molecule has 0 saturated carbocycles. The van der Waals surface area contributed by atoms with Gasteiger partial charge in [-0.25, -0.2) is 0 Å². The number of ketones is 1. The van der Waals surface area contributed by atoms with Gasteiger partial charge in [0.05, 0.1) is 0 Å². The van der Waals surface area contributed by atoms with Crippen molar-refractivity contribution in [3.63, 3.8) is 0 Å². The van der Waals surface area contributed by atoms with E-state index in [-0.39, 0.29) is 5.78 Å². The summed E-state index contributed by atoms with van der Waals surface area (Å²) in [5.74, 6) is 0.00806. The molecule has 11 heavy (non-hydrogen) atoms. The molecule has 0 bridgehead atoms. The number of unbranched alkanes of at least 4 members (excludes halogenated alkanes) is 1. The first-order valence-electron chi connectivity index (χ1n) is 4.43. The normalized spacial score (nSPS) is 13.0. The highest BCUT2D eigenvalue weighted by atomic mass is 16.3. The fourth-order valence-electron chi connectivity index (χ4n) is 0.952. The van der Waals surface area contributed by atoms with Crippen molar-refractivity contribution < 1.29 is 9.90 Å². The first-order valence-corrected chi connectivity index (χ1v) is 4.43. The van der Waals surface area contributed by atoms with Crippen molar-refractivity contribution in [1.29, 1.82) is 0 Å². The van der Waals surface area contributed by atoms with Crippen molar-refractivity contribution in [3.8, 4) is 0 Å². The monoisotopic (exact) mass is 158 g/mol. The lowest BCUT2D eigenvalue weighted by Gasteiger charge is -2.06. The number of rotatable bonds is 6. The Hall–Kier alpha value is -0.370. The highest BCUT2D eigenvalue weighted by Crippen LogP contribution is 2.03. The van der Waals surface area contributed by atoms with Gasteiger partial charge in [-0.15, -0.1) is 0 Å². The van der Waals surface area contributed by atoms with Crippen LogP contribution in [0.4, 0.5) is 0 Å². The Balaban J connectivity index is 3.47. The lowest BCUT2D eigenvalue weighted by Crippen LogP contribution is -2.19. The predicted molar refractivity (Wildman–Crippen MR) is 45.4 cm³/mol. The molecule has 0 heterocycles. The third-order valence-corrected chi connectivity index (χ3v) is 1.71. The fourth-order valence-corrected chi connectivity index (χ4v) is 0.952. The third-order valence-electron chi connectivity index (χ3n) is 1.71. The summed E-state index contributed by atoms with van der Waals surface area (Å²) in [4.78, 5) is 11.0.